The first-order valence-electron chi connectivity index (χ1n) is 5.02. The predicted molar refractivity (Wildman–Crippen MR) is 63.9 cm³/mol. The van der Waals surface area contributed by atoms with E-state index in [4.69, 9.17) is 0 Å². The minimum Gasteiger partial charge on any atom is -0.330 e. The fourth-order valence-electron chi connectivity index (χ4n) is 1.42. The molecule has 92 valence electrons. The van der Waals surface area contributed by atoms with Crippen molar-refractivity contribution in [2.45, 2.75) is 19.4 Å². The van der Waals surface area contributed by atoms with Gasteiger partial charge in [-0.25, -0.2) is 13.2 Å². The quantitative estimate of drug-likeness (QED) is 0.837. The summed E-state index contributed by atoms with van der Waals surface area (Å²) in [6, 6.07) is 1.27. The van der Waals surface area contributed by atoms with Gasteiger partial charge in [0.15, 0.2) is 16.8 Å². The molecule has 1 aromatic carbocycles. The van der Waals surface area contributed by atoms with Crippen LogP contribution in [0.4, 0.5) is 18.9 Å². The zero-order chi connectivity index (χ0) is 12.6. The smallest absolute Gasteiger partial charge is 0.161 e. The molecule has 0 atom stereocenters. The Kier molecular flexibility index (Phi) is 3.07. The van der Waals surface area contributed by atoms with Crippen LogP contribution in [0.3, 0.4) is 0 Å². The van der Waals surface area contributed by atoms with Gasteiger partial charge in [0.1, 0.15) is 11.5 Å². The number of benzene rings is 1. The van der Waals surface area contributed by atoms with Crippen molar-refractivity contribution in [3.63, 3.8) is 0 Å². The van der Waals surface area contributed by atoms with E-state index in [1.807, 2.05) is 13.8 Å². The van der Waals surface area contributed by atoms with Crippen molar-refractivity contribution in [2.75, 3.05) is 11.1 Å². The van der Waals surface area contributed by atoms with Crippen molar-refractivity contribution in [2.24, 2.45) is 4.99 Å². The molecule has 0 aromatic heterocycles. The maximum Gasteiger partial charge on any atom is 0.161 e. The molecule has 0 saturated carbocycles. The Morgan fingerprint density at radius 3 is 2.29 bits per heavy atom. The highest BCUT2D eigenvalue weighted by Gasteiger charge is 2.26. The maximum absolute atomic E-state index is 13.4. The third-order valence-corrected chi connectivity index (χ3v) is 3.52. The molecule has 0 amide bonds. The molecule has 2 rings (SSSR count). The van der Waals surface area contributed by atoms with Crippen molar-refractivity contribution >= 4 is 22.6 Å². The second-order valence-corrected chi connectivity index (χ2v) is 5.35. The van der Waals surface area contributed by atoms with E-state index in [9.17, 15) is 13.2 Å². The Morgan fingerprint density at radius 1 is 1.24 bits per heavy atom. The van der Waals surface area contributed by atoms with Crippen LogP contribution in [-0.4, -0.2) is 16.5 Å². The molecule has 1 aromatic rings. The summed E-state index contributed by atoms with van der Waals surface area (Å²) < 4.78 is 39.4. The fourth-order valence-corrected chi connectivity index (χ4v) is 2.46. The molecule has 0 saturated heterocycles. The standard InChI is InChI=1S/C11H11F3N2S/c1-11(2)5-17-10(16-11)15-9-7(13)3-6(12)4-8(9)14/h3-4H,5H2,1-2H3,(H,15,16). The van der Waals surface area contributed by atoms with E-state index in [1.165, 1.54) is 11.8 Å². The SMILES string of the molecule is CC1(C)CSC(Nc2c(F)cc(F)cc2F)=N1. The fraction of sp³-hybridized carbons (Fsp3) is 0.364. The normalized spacial score (nSPS) is 18.1. The first-order valence-corrected chi connectivity index (χ1v) is 6.00. The molecule has 1 aliphatic heterocycles. The summed E-state index contributed by atoms with van der Waals surface area (Å²) >= 11 is 1.38. The highest BCUT2D eigenvalue weighted by molar-refractivity contribution is 8.14. The van der Waals surface area contributed by atoms with E-state index < -0.39 is 17.5 Å². The number of amidine groups is 1. The lowest BCUT2D eigenvalue weighted by molar-refractivity contribution is 0.549. The number of hydrogen-bond donors (Lipinski definition) is 1. The molecule has 1 aliphatic rings. The van der Waals surface area contributed by atoms with Crippen molar-refractivity contribution < 1.29 is 13.2 Å². The molecule has 1 heterocycles. The molecule has 6 heteroatoms. The van der Waals surface area contributed by atoms with Crippen LogP contribution in [0.2, 0.25) is 0 Å². The summed E-state index contributed by atoms with van der Waals surface area (Å²) in [6.07, 6.45) is 0. The molecule has 17 heavy (non-hydrogen) atoms. The zero-order valence-corrected chi connectivity index (χ0v) is 10.2. The van der Waals surface area contributed by atoms with Gasteiger partial charge in [0.25, 0.3) is 0 Å². The van der Waals surface area contributed by atoms with E-state index in [0.29, 0.717) is 17.3 Å². The molecular formula is C11H11F3N2S. The van der Waals surface area contributed by atoms with E-state index >= 15 is 0 Å². The highest BCUT2D eigenvalue weighted by atomic mass is 32.2. The Bertz CT molecular complexity index is 463. The molecule has 0 fully saturated rings. The van der Waals surface area contributed by atoms with Crippen LogP contribution in [0.15, 0.2) is 17.1 Å². The highest BCUT2D eigenvalue weighted by Crippen LogP contribution is 2.29. The predicted octanol–water partition coefficient (Wildman–Crippen LogP) is 3.40. The van der Waals surface area contributed by atoms with Gasteiger partial charge in [-0.1, -0.05) is 11.8 Å². The van der Waals surface area contributed by atoms with Crippen LogP contribution in [0.1, 0.15) is 13.8 Å². The first-order chi connectivity index (χ1) is 7.87. The van der Waals surface area contributed by atoms with Crippen molar-refractivity contribution in [3.8, 4) is 0 Å². The van der Waals surface area contributed by atoms with Crippen molar-refractivity contribution in [3.05, 3.63) is 29.6 Å². The first kappa shape index (κ1) is 12.3. The third kappa shape index (κ3) is 2.74. The van der Waals surface area contributed by atoms with Crippen LogP contribution in [0.5, 0.6) is 0 Å². The zero-order valence-electron chi connectivity index (χ0n) is 9.35. The topological polar surface area (TPSA) is 24.4 Å². The lowest BCUT2D eigenvalue weighted by atomic mass is 10.1. The van der Waals surface area contributed by atoms with Crippen LogP contribution in [0.25, 0.3) is 0 Å². The molecule has 0 unspecified atom stereocenters. The molecule has 1 N–H and O–H groups in total. The molecule has 0 radical (unpaired) electrons. The number of anilines is 1. The molecule has 2 nitrogen and oxygen atoms in total. The van der Waals surface area contributed by atoms with Crippen LogP contribution in [0, 0.1) is 17.5 Å². The maximum atomic E-state index is 13.4. The summed E-state index contributed by atoms with van der Waals surface area (Å²) in [5, 5.41) is 3.00. The molecule has 0 bridgehead atoms. The van der Waals surface area contributed by atoms with E-state index in [2.05, 4.69) is 10.3 Å². The number of rotatable bonds is 1. The van der Waals surface area contributed by atoms with Gasteiger partial charge < -0.3 is 5.32 Å². The number of aliphatic imine (C=N–C) groups is 1. The number of nitrogens with one attached hydrogen (secondary N) is 1. The van der Waals surface area contributed by atoms with Gasteiger partial charge in [0.2, 0.25) is 0 Å². The second kappa shape index (κ2) is 4.25. The average Bonchev–Trinajstić information content (AvgIpc) is 2.52. The van der Waals surface area contributed by atoms with Gasteiger partial charge in [-0.15, -0.1) is 0 Å². The average molecular weight is 260 g/mol. The van der Waals surface area contributed by atoms with Crippen LogP contribution in [-0.2, 0) is 0 Å². The molecule has 0 spiro atoms. The molecule has 0 aliphatic carbocycles. The summed E-state index contributed by atoms with van der Waals surface area (Å²) in [4.78, 5) is 4.26. The van der Waals surface area contributed by atoms with Crippen LogP contribution < -0.4 is 5.32 Å². The van der Waals surface area contributed by atoms with E-state index in [0.717, 1.165) is 5.75 Å². The van der Waals surface area contributed by atoms with E-state index in [-0.39, 0.29) is 11.2 Å². The van der Waals surface area contributed by atoms with Crippen LogP contribution >= 0.6 is 11.8 Å². The summed E-state index contributed by atoms with van der Waals surface area (Å²) in [6.45, 7) is 3.85. The Labute approximate surface area is 101 Å². The number of hydrogen-bond acceptors (Lipinski definition) is 3. The van der Waals surface area contributed by atoms with E-state index in [1.54, 1.807) is 0 Å². The van der Waals surface area contributed by atoms with Gasteiger partial charge in [-0.2, -0.15) is 0 Å². The molecular weight excluding hydrogens is 249 g/mol. The summed E-state index contributed by atoms with van der Waals surface area (Å²) in [5.41, 5.74) is -0.615. The Balaban J connectivity index is 2.26. The minimum atomic E-state index is -0.962. The number of nitrogens with zero attached hydrogens (tertiary/aromatic N) is 1. The summed E-state index contributed by atoms with van der Waals surface area (Å²) in [5.74, 6) is -2.13. The minimum absolute atomic E-state index is 0.250. The monoisotopic (exact) mass is 260 g/mol. The second-order valence-electron chi connectivity index (χ2n) is 4.39. The van der Waals surface area contributed by atoms with Gasteiger partial charge in [-0.05, 0) is 13.8 Å². The van der Waals surface area contributed by atoms with Crippen molar-refractivity contribution in [1.82, 2.24) is 0 Å². The van der Waals surface area contributed by atoms with Gasteiger partial charge in [-0.3, -0.25) is 4.99 Å². The van der Waals surface area contributed by atoms with Gasteiger partial charge >= 0.3 is 0 Å². The Morgan fingerprint density at radius 2 is 1.82 bits per heavy atom. The largest absolute Gasteiger partial charge is 0.330 e. The lowest BCUT2D eigenvalue weighted by Gasteiger charge is -2.10. The Hall–Kier alpha value is -1.17. The number of thioether (sulfide) groups is 1. The number of halogens is 3. The van der Waals surface area contributed by atoms with Gasteiger partial charge in [0.05, 0.1) is 5.54 Å². The lowest BCUT2D eigenvalue weighted by Crippen LogP contribution is -2.15. The summed E-state index contributed by atoms with van der Waals surface area (Å²) in [7, 11) is 0. The third-order valence-electron chi connectivity index (χ3n) is 2.21. The van der Waals surface area contributed by atoms with Crippen molar-refractivity contribution in [1.29, 1.82) is 0 Å². The van der Waals surface area contributed by atoms with Gasteiger partial charge in [0, 0.05) is 17.9 Å².